The van der Waals surface area contributed by atoms with Crippen LogP contribution < -0.4 is 10.2 Å². The van der Waals surface area contributed by atoms with Gasteiger partial charge >= 0.3 is 0 Å². The fourth-order valence-corrected chi connectivity index (χ4v) is 3.18. The molecule has 0 aromatic heterocycles. The Bertz CT molecular complexity index is 790. The Morgan fingerprint density at radius 2 is 1.96 bits per heavy atom. The van der Waals surface area contributed by atoms with Gasteiger partial charge in [0.2, 0.25) is 0 Å². The summed E-state index contributed by atoms with van der Waals surface area (Å²) in [6.45, 7) is 0.716. The van der Waals surface area contributed by atoms with Gasteiger partial charge < -0.3 is 15.0 Å². The molecule has 0 saturated heterocycles. The number of benzene rings is 2. The van der Waals surface area contributed by atoms with Gasteiger partial charge in [0.15, 0.2) is 0 Å². The van der Waals surface area contributed by atoms with E-state index >= 15 is 0 Å². The van der Waals surface area contributed by atoms with Crippen LogP contribution in [0.1, 0.15) is 22.3 Å². The molecule has 130 valence electrons. The quantitative estimate of drug-likeness (QED) is 0.849. The van der Waals surface area contributed by atoms with Crippen LogP contribution in [0.3, 0.4) is 0 Å². The van der Waals surface area contributed by atoms with Gasteiger partial charge in [0.05, 0.1) is 0 Å². The van der Waals surface area contributed by atoms with Crippen molar-refractivity contribution in [3.8, 4) is 0 Å². The molecule has 2 aromatic rings. The largest absolute Gasteiger partial charge is 0.375 e. The molecule has 2 amide bonds. The number of carbonyl (C=O) groups excluding carboxylic acids is 2. The smallest absolute Gasteiger partial charge is 0.255 e. The number of fused-ring (bicyclic) bond motifs is 1. The highest BCUT2D eigenvalue weighted by atomic mass is 79.9. The number of nitrogens with zero attached hydrogens (tertiary/aromatic N) is 1. The highest BCUT2D eigenvalue weighted by Crippen LogP contribution is 2.30. The third-order valence-corrected chi connectivity index (χ3v) is 4.67. The number of aryl methyl sites for hydroxylation is 1. The average molecular weight is 403 g/mol. The fraction of sp³-hybridized carbons (Fsp3) is 0.263. The molecular formula is C19H19BrN2O3. The van der Waals surface area contributed by atoms with Crippen LogP contribution in [-0.4, -0.2) is 32.1 Å². The maximum atomic E-state index is 12.4. The summed E-state index contributed by atoms with van der Waals surface area (Å²) in [4.78, 5) is 26.4. The maximum Gasteiger partial charge on any atom is 0.255 e. The third-order valence-electron chi connectivity index (χ3n) is 4.14. The molecular weight excluding hydrogens is 384 g/mol. The Hall–Kier alpha value is -2.18. The average Bonchev–Trinajstić information content (AvgIpc) is 2.62. The number of amides is 2. The summed E-state index contributed by atoms with van der Waals surface area (Å²) in [5.41, 5.74) is 3.20. The van der Waals surface area contributed by atoms with Crippen molar-refractivity contribution in [2.45, 2.75) is 12.8 Å². The van der Waals surface area contributed by atoms with Crippen LogP contribution in [0.5, 0.6) is 0 Å². The summed E-state index contributed by atoms with van der Waals surface area (Å²) in [5, 5.41) is 2.90. The summed E-state index contributed by atoms with van der Waals surface area (Å²) in [6, 6.07) is 12.9. The first-order valence-electron chi connectivity index (χ1n) is 8.07. The zero-order valence-electron chi connectivity index (χ0n) is 13.9. The van der Waals surface area contributed by atoms with Crippen molar-refractivity contribution in [3.05, 3.63) is 58.1 Å². The second kappa shape index (κ2) is 7.80. The molecule has 1 N–H and O–H groups in total. The Morgan fingerprint density at radius 1 is 1.20 bits per heavy atom. The minimum Gasteiger partial charge on any atom is -0.375 e. The van der Waals surface area contributed by atoms with Crippen molar-refractivity contribution >= 4 is 39.1 Å². The molecule has 2 aromatic carbocycles. The number of nitrogens with one attached hydrogen (secondary N) is 1. The summed E-state index contributed by atoms with van der Waals surface area (Å²) in [7, 11) is 1.51. The Balaban J connectivity index is 1.82. The van der Waals surface area contributed by atoms with E-state index in [1.165, 1.54) is 7.11 Å². The van der Waals surface area contributed by atoms with Crippen LogP contribution in [0.2, 0.25) is 0 Å². The van der Waals surface area contributed by atoms with Crippen molar-refractivity contribution < 1.29 is 14.3 Å². The maximum absolute atomic E-state index is 12.4. The number of carbonyl (C=O) groups is 2. The fourth-order valence-electron chi connectivity index (χ4n) is 2.92. The molecule has 1 aliphatic heterocycles. The molecule has 1 aliphatic rings. The molecule has 0 spiro atoms. The van der Waals surface area contributed by atoms with Crippen LogP contribution in [0, 0.1) is 0 Å². The lowest BCUT2D eigenvalue weighted by Gasteiger charge is -2.29. The number of halogens is 1. The topological polar surface area (TPSA) is 58.6 Å². The van der Waals surface area contributed by atoms with Crippen molar-refractivity contribution in [1.82, 2.24) is 0 Å². The summed E-state index contributed by atoms with van der Waals surface area (Å²) >= 11 is 3.36. The van der Waals surface area contributed by atoms with Crippen LogP contribution >= 0.6 is 15.9 Å². The number of anilines is 2. The normalized spacial score (nSPS) is 13.3. The molecule has 3 rings (SSSR count). The Labute approximate surface area is 155 Å². The van der Waals surface area contributed by atoms with E-state index in [0.29, 0.717) is 17.8 Å². The molecule has 5 nitrogen and oxygen atoms in total. The molecule has 0 fully saturated rings. The highest BCUT2D eigenvalue weighted by molar-refractivity contribution is 9.10. The number of ether oxygens (including phenoxy) is 1. The zero-order valence-corrected chi connectivity index (χ0v) is 15.5. The van der Waals surface area contributed by atoms with E-state index in [9.17, 15) is 9.59 Å². The minimum atomic E-state index is -0.182. The van der Waals surface area contributed by atoms with Gasteiger partial charge in [-0.1, -0.05) is 22.0 Å². The van der Waals surface area contributed by atoms with Gasteiger partial charge in [0, 0.05) is 35.1 Å². The van der Waals surface area contributed by atoms with E-state index in [-0.39, 0.29) is 18.4 Å². The second-order valence-corrected chi connectivity index (χ2v) is 6.80. The van der Waals surface area contributed by atoms with Crippen molar-refractivity contribution in [2.24, 2.45) is 0 Å². The van der Waals surface area contributed by atoms with E-state index in [2.05, 4.69) is 21.2 Å². The molecule has 0 atom stereocenters. The number of hydrogen-bond donors (Lipinski definition) is 1. The lowest BCUT2D eigenvalue weighted by Crippen LogP contribution is -2.37. The number of rotatable bonds is 4. The highest BCUT2D eigenvalue weighted by Gasteiger charge is 2.23. The van der Waals surface area contributed by atoms with E-state index < -0.39 is 0 Å². The molecule has 0 unspecified atom stereocenters. The van der Waals surface area contributed by atoms with Crippen molar-refractivity contribution in [3.63, 3.8) is 0 Å². The first-order valence-corrected chi connectivity index (χ1v) is 8.87. The monoisotopic (exact) mass is 402 g/mol. The molecule has 1 heterocycles. The molecule has 25 heavy (non-hydrogen) atoms. The standard InChI is InChI=1S/C19H19BrN2O3/c1-25-12-18(23)22-10-2-3-13-6-9-16(11-17(13)22)21-19(24)14-4-7-15(20)8-5-14/h4-9,11H,2-3,10,12H2,1H3,(H,21,24). The van der Waals surface area contributed by atoms with Gasteiger partial charge in [-0.3, -0.25) is 9.59 Å². The van der Waals surface area contributed by atoms with E-state index in [1.54, 1.807) is 17.0 Å². The van der Waals surface area contributed by atoms with Gasteiger partial charge in [-0.25, -0.2) is 0 Å². The Kier molecular flexibility index (Phi) is 5.50. The molecule has 6 heteroatoms. The lowest BCUT2D eigenvalue weighted by molar-refractivity contribution is -0.122. The number of hydrogen-bond acceptors (Lipinski definition) is 3. The van der Waals surface area contributed by atoms with Gasteiger partial charge in [-0.15, -0.1) is 0 Å². The molecule has 0 bridgehead atoms. The predicted molar refractivity (Wildman–Crippen MR) is 101 cm³/mol. The summed E-state index contributed by atoms with van der Waals surface area (Å²) in [6.07, 6.45) is 1.85. The van der Waals surface area contributed by atoms with Crippen LogP contribution in [-0.2, 0) is 16.0 Å². The van der Waals surface area contributed by atoms with Gasteiger partial charge in [0.1, 0.15) is 6.61 Å². The van der Waals surface area contributed by atoms with Crippen molar-refractivity contribution in [1.29, 1.82) is 0 Å². The van der Waals surface area contributed by atoms with E-state index in [0.717, 1.165) is 28.6 Å². The zero-order chi connectivity index (χ0) is 17.8. The summed E-state index contributed by atoms with van der Waals surface area (Å²) in [5.74, 6) is -0.252. The molecule has 0 radical (unpaired) electrons. The SMILES string of the molecule is COCC(=O)N1CCCc2ccc(NC(=O)c3ccc(Br)cc3)cc21. The van der Waals surface area contributed by atoms with Crippen LogP contribution in [0.15, 0.2) is 46.9 Å². The van der Waals surface area contributed by atoms with E-state index in [1.807, 2.05) is 30.3 Å². The second-order valence-electron chi connectivity index (χ2n) is 5.89. The van der Waals surface area contributed by atoms with Crippen LogP contribution in [0.25, 0.3) is 0 Å². The predicted octanol–water partition coefficient (Wildman–Crippen LogP) is 3.63. The van der Waals surface area contributed by atoms with Gasteiger partial charge in [0.25, 0.3) is 11.8 Å². The Morgan fingerprint density at radius 3 is 2.68 bits per heavy atom. The molecule has 0 aliphatic carbocycles. The van der Waals surface area contributed by atoms with Gasteiger partial charge in [-0.05, 0) is 54.8 Å². The minimum absolute atomic E-state index is 0.0505. The lowest BCUT2D eigenvalue weighted by atomic mass is 10.0. The summed E-state index contributed by atoms with van der Waals surface area (Å²) < 4.78 is 5.89. The first-order chi connectivity index (χ1) is 12.1. The van der Waals surface area contributed by atoms with Crippen molar-refractivity contribution in [2.75, 3.05) is 30.5 Å². The number of methoxy groups -OCH3 is 1. The van der Waals surface area contributed by atoms with Gasteiger partial charge in [-0.2, -0.15) is 0 Å². The first kappa shape index (κ1) is 17.6. The van der Waals surface area contributed by atoms with E-state index in [4.69, 9.17) is 4.74 Å². The molecule has 0 saturated carbocycles. The van der Waals surface area contributed by atoms with Crippen LogP contribution in [0.4, 0.5) is 11.4 Å². The third kappa shape index (κ3) is 4.08.